The van der Waals surface area contributed by atoms with Gasteiger partial charge in [-0.15, -0.1) is 11.7 Å². The van der Waals surface area contributed by atoms with Crippen LogP contribution in [0.3, 0.4) is 0 Å². The third kappa shape index (κ3) is 3.90. The van der Waals surface area contributed by atoms with Gasteiger partial charge in [0.05, 0.1) is 0 Å². The standard InChI is InChI=1S/C15H14OS2.C2H6/c1-2-11-7-3-4-8-12(11)13-9-5-6-10-14(13)15(16)18-17;1-2/h3-10,17H,2H2,1H3;1-2H3. The fourth-order valence-corrected chi connectivity index (χ4v) is 2.61. The summed E-state index contributed by atoms with van der Waals surface area (Å²) in [5.74, 6) is 0. The van der Waals surface area contributed by atoms with Crippen molar-refractivity contribution in [2.75, 3.05) is 0 Å². The summed E-state index contributed by atoms with van der Waals surface area (Å²) >= 11 is 4.00. The first kappa shape index (κ1) is 16.9. The van der Waals surface area contributed by atoms with Crippen molar-refractivity contribution in [1.29, 1.82) is 0 Å². The van der Waals surface area contributed by atoms with Crippen LogP contribution in [0.4, 0.5) is 0 Å². The largest absolute Gasteiger partial charge is 0.281 e. The highest BCUT2D eigenvalue weighted by Crippen LogP contribution is 2.30. The molecule has 0 aromatic heterocycles. The molecule has 2 aromatic carbocycles. The minimum atomic E-state index is -0.0140. The average Bonchev–Trinajstić information content (AvgIpc) is 2.56. The van der Waals surface area contributed by atoms with E-state index in [-0.39, 0.29) is 5.12 Å². The Morgan fingerprint density at radius 3 is 2.15 bits per heavy atom. The van der Waals surface area contributed by atoms with E-state index in [1.807, 2.05) is 50.2 Å². The van der Waals surface area contributed by atoms with Crippen LogP contribution in [-0.2, 0) is 6.42 Å². The van der Waals surface area contributed by atoms with E-state index in [1.165, 1.54) is 5.56 Å². The number of carbonyl (C=O) groups is 1. The van der Waals surface area contributed by atoms with Crippen molar-refractivity contribution in [2.45, 2.75) is 27.2 Å². The van der Waals surface area contributed by atoms with Gasteiger partial charge in [0, 0.05) is 5.56 Å². The van der Waals surface area contributed by atoms with Crippen LogP contribution in [0.2, 0.25) is 0 Å². The zero-order chi connectivity index (χ0) is 15.0. The maximum atomic E-state index is 11.9. The molecule has 1 nitrogen and oxygen atoms in total. The lowest BCUT2D eigenvalue weighted by atomic mass is 9.95. The van der Waals surface area contributed by atoms with Gasteiger partial charge in [0.1, 0.15) is 0 Å². The Hall–Kier alpha value is -1.19. The third-order valence-corrected chi connectivity index (χ3v) is 3.80. The van der Waals surface area contributed by atoms with E-state index in [0.29, 0.717) is 0 Å². The second kappa shape index (κ2) is 8.88. The molecular weight excluding hydrogens is 284 g/mol. The van der Waals surface area contributed by atoms with Gasteiger partial charge in [0.15, 0.2) is 0 Å². The predicted molar refractivity (Wildman–Crippen MR) is 93.5 cm³/mol. The highest BCUT2D eigenvalue weighted by molar-refractivity contribution is 8.75. The fraction of sp³-hybridized carbons (Fsp3) is 0.235. The van der Waals surface area contributed by atoms with E-state index < -0.39 is 0 Å². The first-order valence-corrected chi connectivity index (χ1v) is 8.68. The van der Waals surface area contributed by atoms with E-state index in [1.54, 1.807) is 0 Å². The number of carbonyl (C=O) groups excluding carboxylic acids is 1. The summed E-state index contributed by atoms with van der Waals surface area (Å²) in [6.45, 7) is 6.12. The minimum absolute atomic E-state index is 0.0140. The lowest BCUT2D eigenvalue weighted by molar-refractivity contribution is 0.109. The molecule has 106 valence electrons. The molecule has 3 heteroatoms. The first-order chi connectivity index (χ1) is 9.77. The van der Waals surface area contributed by atoms with Crippen LogP contribution in [-0.4, -0.2) is 5.12 Å². The summed E-state index contributed by atoms with van der Waals surface area (Å²) < 4.78 is 0. The van der Waals surface area contributed by atoms with E-state index in [4.69, 9.17) is 0 Å². The van der Waals surface area contributed by atoms with Crippen molar-refractivity contribution in [1.82, 2.24) is 0 Å². The number of hydrogen-bond acceptors (Lipinski definition) is 3. The number of thiol groups is 1. The number of benzene rings is 2. The molecule has 2 rings (SSSR count). The van der Waals surface area contributed by atoms with Crippen molar-refractivity contribution >= 4 is 27.6 Å². The van der Waals surface area contributed by atoms with E-state index >= 15 is 0 Å². The molecule has 0 aliphatic rings. The highest BCUT2D eigenvalue weighted by atomic mass is 33.1. The van der Waals surface area contributed by atoms with Crippen molar-refractivity contribution in [3.05, 3.63) is 59.7 Å². The van der Waals surface area contributed by atoms with Crippen molar-refractivity contribution in [3.63, 3.8) is 0 Å². The summed E-state index contributed by atoms with van der Waals surface area (Å²) in [6.07, 6.45) is 0.951. The quantitative estimate of drug-likeness (QED) is 0.582. The van der Waals surface area contributed by atoms with Crippen LogP contribution in [0.1, 0.15) is 36.7 Å². The SMILES string of the molecule is CC.CCc1ccccc1-c1ccccc1C(=O)SS. The first-order valence-electron chi connectivity index (χ1n) is 6.81. The fourth-order valence-electron chi connectivity index (χ4n) is 2.04. The van der Waals surface area contributed by atoms with Crippen molar-refractivity contribution < 1.29 is 4.79 Å². The van der Waals surface area contributed by atoms with Crippen LogP contribution in [0.25, 0.3) is 11.1 Å². The second-order valence-electron chi connectivity index (χ2n) is 3.94. The molecule has 0 bridgehead atoms. The number of hydrogen-bond donors (Lipinski definition) is 1. The summed E-state index contributed by atoms with van der Waals surface area (Å²) in [4.78, 5) is 11.9. The van der Waals surface area contributed by atoms with Crippen molar-refractivity contribution in [3.8, 4) is 11.1 Å². The summed E-state index contributed by atoms with van der Waals surface area (Å²) in [5.41, 5.74) is 4.09. The molecule has 20 heavy (non-hydrogen) atoms. The Bertz CT molecular complexity index is 564. The topological polar surface area (TPSA) is 17.1 Å². The molecule has 0 N–H and O–H groups in total. The molecule has 0 aliphatic carbocycles. The Labute approximate surface area is 130 Å². The molecule has 0 saturated carbocycles. The Balaban J connectivity index is 0.000000956. The normalized spacial score (nSPS) is 9.60. The smallest absolute Gasteiger partial charge is 0.230 e. The van der Waals surface area contributed by atoms with Gasteiger partial charge in [-0.2, -0.15) is 0 Å². The van der Waals surface area contributed by atoms with Gasteiger partial charge in [-0.05, 0) is 40.0 Å². The minimum Gasteiger partial charge on any atom is -0.281 e. The van der Waals surface area contributed by atoms with Gasteiger partial charge in [0.2, 0.25) is 5.12 Å². The predicted octanol–water partition coefficient (Wildman–Crippen LogP) is 5.66. The molecular formula is C17H20OS2. The third-order valence-electron chi connectivity index (χ3n) is 2.92. The second-order valence-corrected chi connectivity index (χ2v) is 5.04. The van der Waals surface area contributed by atoms with Crippen LogP contribution in [0.15, 0.2) is 48.5 Å². The zero-order valence-corrected chi connectivity index (χ0v) is 13.8. The molecule has 0 aliphatic heterocycles. The molecule has 2 aromatic rings. The summed E-state index contributed by atoms with van der Waals surface area (Å²) in [6, 6.07) is 15.9. The van der Waals surface area contributed by atoms with Gasteiger partial charge in [-0.3, -0.25) is 4.79 Å². The molecule has 0 unspecified atom stereocenters. The van der Waals surface area contributed by atoms with Crippen LogP contribution in [0, 0.1) is 0 Å². The van der Waals surface area contributed by atoms with Gasteiger partial charge in [-0.1, -0.05) is 63.2 Å². The Morgan fingerprint density at radius 1 is 1.00 bits per heavy atom. The van der Waals surface area contributed by atoms with E-state index in [0.717, 1.165) is 33.9 Å². The molecule has 0 saturated heterocycles. The van der Waals surface area contributed by atoms with Crippen molar-refractivity contribution in [2.24, 2.45) is 0 Å². The maximum Gasteiger partial charge on any atom is 0.230 e. The van der Waals surface area contributed by atoms with Crippen LogP contribution in [0.5, 0.6) is 0 Å². The van der Waals surface area contributed by atoms with E-state index in [9.17, 15) is 4.79 Å². The molecule has 0 heterocycles. The Kier molecular flexibility index (Phi) is 7.48. The van der Waals surface area contributed by atoms with Crippen LogP contribution >= 0.6 is 22.5 Å². The van der Waals surface area contributed by atoms with Gasteiger partial charge in [-0.25, -0.2) is 0 Å². The number of aryl methyl sites for hydroxylation is 1. The van der Waals surface area contributed by atoms with Gasteiger partial charge >= 0.3 is 0 Å². The Morgan fingerprint density at radius 2 is 1.55 bits per heavy atom. The van der Waals surface area contributed by atoms with Gasteiger partial charge in [0.25, 0.3) is 0 Å². The lowest BCUT2D eigenvalue weighted by Crippen LogP contribution is -1.97. The summed E-state index contributed by atoms with van der Waals surface area (Å²) in [7, 11) is 0.956. The van der Waals surface area contributed by atoms with E-state index in [2.05, 4.69) is 30.7 Å². The highest BCUT2D eigenvalue weighted by Gasteiger charge is 2.13. The molecule has 0 atom stereocenters. The molecule has 0 spiro atoms. The maximum absolute atomic E-state index is 11.9. The molecule has 0 amide bonds. The molecule has 0 fully saturated rings. The number of rotatable bonds is 3. The summed E-state index contributed by atoms with van der Waals surface area (Å²) in [5, 5.41) is -0.0140. The lowest BCUT2D eigenvalue weighted by Gasteiger charge is -2.11. The zero-order valence-electron chi connectivity index (χ0n) is 12.1. The molecule has 0 radical (unpaired) electrons. The average molecular weight is 304 g/mol. The van der Waals surface area contributed by atoms with Crippen LogP contribution < -0.4 is 0 Å². The van der Waals surface area contributed by atoms with Gasteiger partial charge < -0.3 is 0 Å². The monoisotopic (exact) mass is 304 g/mol.